The van der Waals surface area contributed by atoms with E-state index in [1.54, 1.807) is 0 Å². The lowest BCUT2D eigenvalue weighted by molar-refractivity contribution is 0.483. The maximum atomic E-state index is 6.96. The minimum atomic E-state index is -0.0183. The van der Waals surface area contributed by atoms with Gasteiger partial charge in [-0.25, -0.2) is 4.98 Å². The molecule has 0 spiro atoms. The third kappa shape index (κ3) is 6.29. The van der Waals surface area contributed by atoms with Crippen LogP contribution in [0, 0.1) is 0 Å². The molecule has 0 unspecified atom stereocenters. The maximum absolute atomic E-state index is 6.96. The summed E-state index contributed by atoms with van der Waals surface area (Å²) in [7, 11) is 0. The van der Waals surface area contributed by atoms with E-state index in [0.717, 1.165) is 45.3 Å². The summed E-state index contributed by atoms with van der Waals surface area (Å²) in [5, 5.41) is 2.42. The Bertz CT molecular complexity index is 3000. The first-order valence-corrected chi connectivity index (χ1v) is 20.9. The quantitative estimate of drug-likeness (QED) is 0.168. The van der Waals surface area contributed by atoms with Crippen molar-refractivity contribution in [2.24, 2.45) is 0 Å². The number of ether oxygens (including phenoxy) is 1. The number of benzene rings is 6. The Labute approximate surface area is 344 Å². The van der Waals surface area contributed by atoms with Gasteiger partial charge < -0.3 is 14.5 Å². The summed E-state index contributed by atoms with van der Waals surface area (Å²) in [6.07, 6.45) is 1.94. The van der Waals surface area contributed by atoms with Crippen LogP contribution in [0.15, 0.2) is 158 Å². The van der Waals surface area contributed by atoms with Crippen LogP contribution in [0.2, 0.25) is 0 Å². The molecule has 0 aliphatic carbocycles. The molecule has 1 aliphatic rings. The molecule has 6 heteroatoms. The van der Waals surface area contributed by atoms with E-state index in [2.05, 4.69) is 208 Å². The number of anilines is 4. The van der Waals surface area contributed by atoms with Crippen molar-refractivity contribution in [1.82, 2.24) is 9.55 Å². The molecule has 0 amide bonds. The monoisotopic (exact) mass is 774 g/mol. The van der Waals surface area contributed by atoms with Crippen molar-refractivity contribution < 1.29 is 4.74 Å². The molecule has 0 saturated heterocycles. The number of thiophene rings is 1. The van der Waals surface area contributed by atoms with E-state index < -0.39 is 0 Å². The highest BCUT2D eigenvalue weighted by molar-refractivity contribution is 7.26. The molecule has 3 aromatic heterocycles. The average Bonchev–Trinajstić information content (AvgIpc) is 3.90. The highest BCUT2D eigenvalue weighted by Crippen LogP contribution is 2.47. The molecule has 0 radical (unpaired) electrons. The molecule has 5 nitrogen and oxygen atoms in total. The lowest BCUT2D eigenvalue weighted by Gasteiger charge is -2.25. The van der Waals surface area contributed by atoms with Crippen LogP contribution in [0.1, 0.15) is 52.7 Å². The molecule has 10 rings (SSSR count). The zero-order chi connectivity index (χ0) is 39.8. The molecule has 0 bridgehead atoms. The normalized spacial score (nSPS) is 13.2. The minimum Gasteiger partial charge on any atom is -0.457 e. The van der Waals surface area contributed by atoms with Crippen molar-refractivity contribution in [3.05, 3.63) is 169 Å². The number of hydrogen-bond donors (Lipinski definition) is 0. The Morgan fingerprint density at radius 2 is 1.26 bits per heavy atom. The van der Waals surface area contributed by atoms with Gasteiger partial charge in [0.05, 0.1) is 27.1 Å². The fourth-order valence-corrected chi connectivity index (χ4v) is 9.50. The summed E-state index contributed by atoms with van der Waals surface area (Å²) in [6, 6.07) is 54.5. The van der Waals surface area contributed by atoms with Crippen LogP contribution in [0.5, 0.6) is 11.5 Å². The molecular formula is C52H46N4OS. The fraction of sp³-hybridized carbons (Fsp3) is 0.173. The molecule has 58 heavy (non-hydrogen) atoms. The third-order valence-corrected chi connectivity index (χ3v) is 12.6. The van der Waals surface area contributed by atoms with Crippen LogP contribution in [-0.2, 0) is 10.8 Å². The van der Waals surface area contributed by atoms with E-state index >= 15 is 0 Å². The van der Waals surface area contributed by atoms with Crippen LogP contribution < -0.4 is 14.5 Å². The molecular weight excluding hydrogens is 729 g/mol. The number of rotatable bonds is 6. The molecule has 6 aromatic carbocycles. The zero-order valence-corrected chi connectivity index (χ0v) is 34.6. The van der Waals surface area contributed by atoms with Crippen LogP contribution in [-0.4, -0.2) is 16.2 Å². The largest absolute Gasteiger partial charge is 0.457 e. The average molecular weight is 775 g/mol. The second-order valence-corrected chi connectivity index (χ2v) is 18.5. The number of aromatic nitrogens is 2. The molecule has 4 heterocycles. The van der Waals surface area contributed by atoms with Crippen LogP contribution in [0.4, 0.5) is 22.7 Å². The second-order valence-electron chi connectivity index (χ2n) is 17.4. The summed E-state index contributed by atoms with van der Waals surface area (Å²) in [6.45, 7) is 14.2. The highest BCUT2D eigenvalue weighted by Gasteiger charge is 2.29. The summed E-state index contributed by atoms with van der Waals surface area (Å²) in [5.41, 5.74) is 11.7. The number of pyridine rings is 1. The Morgan fingerprint density at radius 1 is 0.552 bits per heavy atom. The number of nitrogens with zero attached hydrogens (tertiary/aromatic N) is 4. The maximum Gasteiger partial charge on any atom is 0.137 e. The first-order chi connectivity index (χ1) is 28.0. The van der Waals surface area contributed by atoms with Gasteiger partial charge in [0.25, 0.3) is 0 Å². The van der Waals surface area contributed by atoms with E-state index in [9.17, 15) is 0 Å². The highest BCUT2D eigenvalue weighted by atomic mass is 32.1. The first-order valence-electron chi connectivity index (χ1n) is 20.1. The second kappa shape index (κ2) is 13.6. The van der Waals surface area contributed by atoms with Gasteiger partial charge in [-0.2, -0.15) is 0 Å². The van der Waals surface area contributed by atoms with E-state index in [4.69, 9.17) is 9.72 Å². The lowest BCUT2D eigenvalue weighted by Crippen LogP contribution is -2.24. The predicted molar refractivity (Wildman–Crippen MR) is 245 cm³/mol. The number of fused-ring (bicyclic) bond motifs is 6. The molecule has 0 saturated carbocycles. The zero-order valence-electron chi connectivity index (χ0n) is 33.8. The Balaban J connectivity index is 1.10. The van der Waals surface area contributed by atoms with Crippen LogP contribution in [0.25, 0.3) is 48.2 Å². The lowest BCUT2D eigenvalue weighted by atomic mass is 9.87. The smallest absolute Gasteiger partial charge is 0.137 e. The topological polar surface area (TPSA) is 33.5 Å². The Hall–Kier alpha value is -6.37. The van der Waals surface area contributed by atoms with Gasteiger partial charge in [0.1, 0.15) is 24.0 Å². The minimum absolute atomic E-state index is 0.0183. The van der Waals surface area contributed by atoms with Crippen molar-refractivity contribution in [3.63, 3.8) is 0 Å². The van der Waals surface area contributed by atoms with E-state index in [1.165, 1.54) is 48.2 Å². The summed E-state index contributed by atoms with van der Waals surface area (Å²) < 4.78 is 11.8. The molecule has 286 valence electrons. The van der Waals surface area contributed by atoms with Crippen molar-refractivity contribution in [2.75, 3.05) is 16.5 Å². The van der Waals surface area contributed by atoms with Gasteiger partial charge in [-0.3, -0.25) is 4.57 Å². The van der Waals surface area contributed by atoms with Gasteiger partial charge in [-0.15, -0.1) is 11.3 Å². The SMILES string of the molecule is CC(C)(C)c1cccc(N2CN(c3cc(Oc4ccc5c6sc7ccccc7c6n(-c6cc(C(C)(C)C)ccn6)c5c4)cc(-c4ccccc4)c3)c3ccccc32)c1. The van der Waals surface area contributed by atoms with Gasteiger partial charge in [0.2, 0.25) is 0 Å². The van der Waals surface area contributed by atoms with Crippen LogP contribution >= 0.6 is 11.3 Å². The molecule has 0 N–H and O–H groups in total. The molecule has 1 aliphatic heterocycles. The first kappa shape index (κ1) is 36.0. The van der Waals surface area contributed by atoms with Gasteiger partial charge in [0.15, 0.2) is 0 Å². The fourth-order valence-electron chi connectivity index (χ4n) is 8.28. The van der Waals surface area contributed by atoms with Crippen molar-refractivity contribution in [3.8, 4) is 28.4 Å². The van der Waals surface area contributed by atoms with E-state index in [1.807, 2.05) is 17.5 Å². The van der Waals surface area contributed by atoms with Crippen LogP contribution in [0.3, 0.4) is 0 Å². The summed E-state index contributed by atoms with van der Waals surface area (Å²) >= 11 is 1.84. The standard InChI is InChI=1S/C52H46N4OS/c1-51(2,3)36-17-14-18-38(29-36)54-33-55(45-21-12-11-20-44(45)54)39-27-35(34-15-8-7-9-16-34)28-41(31-39)57-40-23-24-42-46(32-40)56(48-30-37(25-26-53-48)52(4,5)6)49-43-19-10-13-22-47(43)58-50(42)49/h7-32H,33H2,1-6H3. The Kier molecular flexibility index (Phi) is 8.46. The molecule has 0 fully saturated rings. The van der Waals surface area contributed by atoms with E-state index in [-0.39, 0.29) is 10.8 Å². The van der Waals surface area contributed by atoms with Gasteiger partial charge >= 0.3 is 0 Å². The van der Waals surface area contributed by atoms with Gasteiger partial charge in [-0.05, 0) is 99.8 Å². The van der Waals surface area contributed by atoms with Crippen molar-refractivity contribution in [2.45, 2.75) is 52.4 Å². The van der Waals surface area contributed by atoms with Gasteiger partial charge in [-0.1, -0.05) is 114 Å². The van der Waals surface area contributed by atoms with Crippen molar-refractivity contribution >= 4 is 65.3 Å². The predicted octanol–water partition coefficient (Wildman–Crippen LogP) is 14.7. The van der Waals surface area contributed by atoms with Crippen molar-refractivity contribution in [1.29, 1.82) is 0 Å². The number of para-hydroxylation sites is 2. The third-order valence-electron chi connectivity index (χ3n) is 11.4. The number of hydrogen-bond acceptors (Lipinski definition) is 5. The summed E-state index contributed by atoms with van der Waals surface area (Å²) in [4.78, 5) is 9.80. The van der Waals surface area contributed by atoms with E-state index in [0.29, 0.717) is 6.67 Å². The molecule has 9 aromatic rings. The van der Waals surface area contributed by atoms with Gasteiger partial charge in [0, 0.05) is 45.2 Å². The summed E-state index contributed by atoms with van der Waals surface area (Å²) in [5.74, 6) is 2.46. The Morgan fingerprint density at radius 3 is 2.03 bits per heavy atom. The molecule has 0 atom stereocenters.